The molecule has 0 radical (unpaired) electrons. The summed E-state index contributed by atoms with van der Waals surface area (Å²) < 4.78 is 9.41. The van der Waals surface area contributed by atoms with Crippen LogP contribution in [0.2, 0.25) is 0 Å². The number of nitrogens with zero attached hydrogens (tertiary/aromatic N) is 6. The van der Waals surface area contributed by atoms with E-state index < -0.39 is 0 Å². The number of hydrogen-bond donors (Lipinski definition) is 0. The first kappa shape index (κ1) is 64.4. The molecule has 0 amide bonds. The standard InChI is InChI=1S/C49H57N3.C40H39N3/c1-4-7-10-13-18-37-22-26-39(27-23-37)41-30-32-46-43(35-41)44-36-42(40-28-24-38(25-29-40)19-14-11-8-5-2)31-33-47(44)52(46)49-50-45-20-15-16-21-48(45)51(49)34-17-12-9-6-3;1-39(2,3)30-18-12-26(13-19-30)28-16-22-35-32(24-28)33-25-29(27-14-20-31(21-15-27)40(4,5)6)17-23-36(33)43(35)38-41-34-10-8-9-11-37(34)42(38)7/h15-16,20-33,35-36H,4-14,17-19,34H2,1-3H3;8-25H,1-7H3. The van der Waals surface area contributed by atoms with E-state index in [1.54, 1.807) is 0 Å². The Morgan fingerprint density at radius 1 is 0.305 bits per heavy atom. The van der Waals surface area contributed by atoms with E-state index in [4.69, 9.17) is 9.97 Å². The summed E-state index contributed by atoms with van der Waals surface area (Å²) >= 11 is 0. The summed E-state index contributed by atoms with van der Waals surface area (Å²) in [5.41, 5.74) is 24.9. The highest BCUT2D eigenvalue weighted by molar-refractivity contribution is 6.13. The number of aryl methyl sites for hydroxylation is 4. The van der Waals surface area contributed by atoms with E-state index in [0.29, 0.717) is 0 Å². The second-order valence-electron chi connectivity index (χ2n) is 28.8. The SMILES string of the molecule is CCCCCCc1ccc(-c2ccc3c(c2)c2cc(-c4ccc(CCCCCC)cc4)ccc2n3-c2nc3ccccc3n2CCCCCC)cc1.Cn1c(-n2c3ccc(-c4ccc(C(C)(C)C)cc4)cc3c3cc(-c4ccc(C(C)(C)C)cc4)ccc32)nc2ccccc21. The molecular weight excluding hydrogens is 1150 g/mol. The summed E-state index contributed by atoms with van der Waals surface area (Å²) in [5, 5.41) is 5.01. The zero-order chi connectivity index (χ0) is 65.8. The van der Waals surface area contributed by atoms with Crippen molar-refractivity contribution in [2.24, 2.45) is 7.05 Å². The zero-order valence-corrected chi connectivity index (χ0v) is 58.1. The first-order chi connectivity index (χ1) is 46.2. The van der Waals surface area contributed by atoms with Crippen LogP contribution in [0.15, 0.2) is 218 Å². The van der Waals surface area contributed by atoms with Gasteiger partial charge in [-0.15, -0.1) is 0 Å². The molecule has 6 nitrogen and oxygen atoms in total. The largest absolute Gasteiger partial charge is 0.313 e. The fourth-order valence-corrected chi connectivity index (χ4v) is 14.2. The van der Waals surface area contributed by atoms with Crippen LogP contribution in [0.5, 0.6) is 0 Å². The van der Waals surface area contributed by atoms with Gasteiger partial charge < -0.3 is 9.13 Å². The van der Waals surface area contributed by atoms with Crippen LogP contribution in [0.1, 0.15) is 162 Å². The normalized spacial score (nSPS) is 12.1. The minimum absolute atomic E-state index is 0.128. The number of unbranched alkanes of at least 4 members (excludes halogenated alkanes) is 9. The second kappa shape index (κ2) is 28.0. The van der Waals surface area contributed by atoms with Crippen LogP contribution in [0.3, 0.4) is 0 Å². The summed E-state index contributed by atoms with van der Waals surface area (Å²) in [6.07, 6.45) is 17.6. The molecule has 4 heterocycles. The van der Waals surface area contributed by atoms with Crippen molar-refractivity contribution >= 4 is 65.7 Å². The van der Waals surface area contributed by atoms with Crippen LogP contribution in [0.4, 0.5) is 0 Å². The molecule has 0 aliphatic rings. The molecule has 482 valence electrons. The molecule has 0 saturated carbocycles. The molecule has 0 N–H and O–H groups in total. The Kier molecular flexibility index (Phi) is 19.0. The average Bonchev–Trinajstić information content (AvgIpc) is 1.58. The molecule has 6 heteroatoms. The van der Waals surface area contributed by atoms with E-state index in [-0.39, 0.29) is 10.8 Å². The van der Waals surface area contributed by atoms with Crippen LogP contribution in [0.25, 0.3) is 122 Å². The maximum atomic E-state index is 5.33. The number of aromatic nitrogens is 6. The van der Waals surface area contributed by atoms with E-state index in [1.807, 2.05) is 0 Å². The van der Waals surface area contributed by atoms with Gasteiger partial charge in [0.25, 0.3) is 0 Å². The quantitative estimate of drug-likeness (QED) is 0.0673. The number of hydrogen-bond acceptors (Lipinski definition) is 2. The molecule has 0 atom stereocenters. The molecule has 0 aliphatic heterocycles. The summed E-state index contributed by atoms with van der Waals surface area (Å²) in [5.74, 6) is 1.93. The topological polar surface area (TPSA) is 45.5 Å². The van der Waals surface area contributed by atoms with Crippen molar-refractivity contribution in [3.8, 4) is 56.4 Å². The summed E-state index contributed by atoms with van der Waals surface area (Å²) in [6, 6.07) is 81.6. The molecule has 0 unspecified atom stereocenters. The van der Waals surface area contributed by atoms with Gasteiger partial charge in [-0.05, 0) is 182 Å². The highest BCUT2D eigenvalue weighted by Crippen LogP contribution is 2.41. The van der Waals surface area contributed by atoms with Gasteiger partial charge in [-0.2, -0.15) is 0 Å². The van der Waals surface area contributed by atoms with Crippen molar-refractivity contribution in [2.45, 2.75) is 170 Å². The predicted octanol–water partition coefficient (Wildman–Crippen LogP) is 24.9. The lowest BCUT2D eigenvalue weighted by molar-refractivity contribution is 0.585. The van der Waals surface area contributed by atoms with Crippen molar-refractivity contribution in [1.82, 2.24) is 28.2 Å². The Morgan fingerprint density at radius 3 is 1.01 bits per heavy atom. The van der Waals surface area contributed by atoms with Gasteiger partial charge in [0.15, 0.2) is 0 Å². The molecule has 0 bridgehead atoms. The van der Waals surface area contributed by atoms with Crippen LogP contribution >= 0.6 is 0 Å². The van der Waals surface area contributed by atoms with Crippen molar-refractivity contribution in [3.05, 3.63) is 241 Å². The molecule has 14 rings (SSSR count). The van der Waals surface area contributed by atoms with Gasteiger partial charge >= 0.3 is 0 Å². The molecule has 10 aromatic carbocycles. The third-order valence-corrected chi connectivity index (χ3v) is 19.9. The molecular formula is C89H96N6. The van der Waals surface area contributed by atoms with Gasteiger partial charge in [-0.3, -0.25) is 9.13 Å². The van der Waals surface area contributed by atoms with Gasteiger partial charge in [-0.1, -0.05) is 266 Å². The lowest BCUT2D eigenvalue weighted by Crippen LogP contribution is -2.10. The number of rotatable bonds is 21. The highest BCUT2D eigenvalue weighted by Gasteiger charge is 2.23. The predicted molar refractivity (Wildman–Crippen MR) is 408 cm³/mol. The second-order valence-corrected chi connectivity index (χ2v) is 28.8. The van der Waals surface area contributed by atoms with Crippen molar-refractivity contribution in [3.63, 3.8) is 0 Å². The molecule has 14 aromatic rings. The Morgan fingerprint density at radius 2 is 0.632 bits per heavy atom. The van der Waals surface area contributed by atoms with Crippen LogP contribution in [0, 0.1) is 0 Å². The van der Waals surface area contributed by atoms with Gasteiger partial charge in [0.2, 0.25) is 11.9 Å². The minimum Gasteiger partial charge on any atom is -0.313 e. The van der Waals surface area contributed by atoms with Crippen molar-refractivity contribution < 1.29 is 0 Å². The maximum absolute atomic E-state index is 5.33. The number of imidazole rings is 2. The van der Waals surface area contributed by atoms with E-state index in [0.717, 1.165) is 65.3 Å². The molecule has 0 fully saturated rings. The fourth-order valence-electron chi connectivity index (χ4n) is 14.2. The third kappa shape index (κ3) is 13.6. The molecule has 4 aromatic heterocycles. The first-order valence-corrected chi connectivity index (χ1v) is 35.6. The van der Waals surface area contributed by atoms with Crippen molar-refractivity contribution in [2.75, 3.05) is 0 Å². The Labute approximate surface area is 564 Å². The Hall–Kier alpha value is -9.26. The third-order valence-electron chi connectivity index (χ3n) is 19.9. The van der Waals surface area contributed by atoms with Gasteiger partial charge in [0.1, 0.15) is 0 Å². The number of fused-ring (bicyclic) bond motifs is 8. The van der Waals surface area contributed by atoms with Crippen LogP contribution in [-0.4, -0.2) is 28.2 Å². The monoisotopic (exact) mass is 1250 g/mol. The number of benzene rings is 10. The number of para-hydroxylation sites is 4. The zero-order valence-electron chi connectivity index (χ0n) is 58.1. The summed E-state index contributed by atoms with van der Waals surface area (Å²) in [4.78, 5) is 10.4. The Balaban J connectivity index is 0.000000175. The van der Waals surface area contributed by atoms with Crippen molar-refractivity contribution in [1.29, 1.82) is 0 Å². The van der Waals surface area contributed by atoms with E-state index in [2.05, 4.69) is 306 Å². The van der Waals surface area contributed by atoms with Gasteiger partial charge in [0, 0.05) is 35.1 Å². The van der Waals surface area contributed by atoms with E-state index >= 15 is 0 Å². The molecule has 95 heavy (non-hydrogen) atoms. The van der Waals surface area contributed by atoms with Crippen LogP contribution < -0.4 is 0 Å². The summed E-state index contributed by atoms with van der Waals surface area (Å²) in [7, 11) is 2.11. The van der Waals surface area contributed by atoms with E-state index in [1.165, 1.54) is 175 Å². The Bertz CT molecular complexity index is 4730. The lowest BCUT2D eigenvalue weighted by atomic mass is 9.86. The fraction of sp³-hybridized carbons (Fsp3) is 0.303. The van der Waals surface area contributed by atoms with Gasteiger partial charge in [0.05, 0.1) is 44.1 Å². The maximum Gasteiger partial charge on any atom is 0.215 e. The minimum atomic E-state index is 0.128. The lowest BCUT2D eigenvalue weighted by Gasteiger charge is -2.19. The average molecular weight is 1250 g/mol. The van der Waals surface area contributed by atoms with Gasteiger partial charge in [-0.25, -0.2) is 9.97 Å². The smallest absolute Gasteiger partial charge is 0.215 e. The summed E-state index contributed by atoms with van der Waals surface area (Å²) in [6.45, 7) is 21.4. The van der Waals surface area contributed by atoms with Crippen LogP contribution in [-0.2, 0) is 37.3 Å². The molecule has 0 saturated heterocycles. The van der Waals surface area contributed by atoms with E-state index in [9.17, 15) is 0 Å². The first-order valence-electron chi connectivity index (χ1n) is 35.6. The highest BCUT2D eigenvalue weighted by atomic mass is 15.2. The molecule has 0 aliphatic carbocycles. The molecule has 0 spiro atoms.